The summed E-state index contributed by atoms with van der Waals surface area (Å²) in [4.78, 5) is 0. The molecule has 0 nitrogen and oxygen atoms in total. The zero-order chi connectivity index (χ0) is 7.78. The topological polar surface area (TPSA) is 0 Å². The van der Waals surface area contributed by atoms with Gasteiger partial charge in [-0.15, -0.1) is 18.6 Å². The molecule has 0 aliphatic heterocycles. The third-order valence-electron chi connectivity index (χ3n) is 1.35. The number of rotatable bonds is 0. The second-order valence-corrected chi connectivity index (χ2v) is 2.29. The van der Waals surface area contributed by atoms with E-state index in [-0.39, 0.29) is 17.1 Å². The minimum Gasteiger partial charge on any atom is -0.273 e. The van der Waals surface area contributed by atoms with E-state index in [4.69, 9.17) is 0 Å². The predicted octanol–water partition coefficient (Wildman–Crippen LogP) is 3.01. The molecule has 12 heavy (non-hydrogen) atoms. The van der Waals surface area contributed by atoms with E-state index in [1.807, 2.05) is 18.2 Å². The van der Waals surface area contributed by atoms with Crippen molar-refractivity contribution in [2.45, 2.75) is 12.8 Å². The molecule has 0 aromatic carbocycles. The van der Waals surface area contributed by atoms with E-state index in [0.29, 0.717) is 0 Å². The van der Waals surface area contributed by atoms with Crippen molar-refractivity contribution in [1.82, 2.24) is 0 Å². The molecule has 0 fully saturated rings. The summed E-state index contributed by atoms with van der Waals surface area (Å²) < 4.78 is 0. The molecule has 0 bridgehead atoms. The molecule has 1 heteroatoms. The zero-order valence-electron chi connectivity index (χ0n) is 6.89. The maximum Gasteiger partial charge on any atom is 2.00 e. The predicted molar refractivity (Wildman–Crippen MR) is 48.8 cm³/mol. The summed E-state index contributed by atoms with van der Waals surface area (Å²) in [6, 6.07) is 0. The summed E-state index contributed by atoms with van der Waals surface area (Å²) in [7, 11) is 0. The van der Waals surface area contributed by atoms with Crippen LogP contribution in [0.25, 0.3) is 0 Å². The van der Waals surface area contributed by atoms with Gasteiger partial charge in [0.1, 0.15) is 0 Å². The maximum atomic E-state index is 2.99. The first-order valence-corrected chi connectivity index (χ1v) is 3.87. The van der Waals surface area contributed by atoms with Crippen molar-refractivity contribution < 1.29 is 17.1 Å². The largest absolute Gasteiger partial charge is 2.00 e. The Morgan fingerprint density at radius 3 is 2.17 bits per heavy atom. The van der Waals surface area contributed by atoms with E-state index in [0.717, 1.165) is 12.8 Å². The van der Waals surface area contributed by atoms with Crippen molar-refractivity contribution in [2.75, 3.05) is 0 Å². The van der Waals surface area contributed by atoms with Crippen molar-refractivity contribution in [3.05, 3.63) is 55.0 Å². The summed E-state index contributed by atoms with van der Waals surface area (Å²) in [6.07, 6.45) is 21.5. The third-order valence-corrected chi connectivity index (χ3v) is 1.35. The fourth-order valence-electron chi connectivity index (χ4n) is 0.797. The van der Waals surface area contributed by atoms with Gasteiger partial charge in [-0.05, 0) is 0 Å². The summed E-state index contributed by atoms with van der Waals surface area (Å²) in [5.41, 5.74) is 0. The monoisotopic (exact) mass is 200 g/mol. The Morgan fingerprint density at radius 2 is 2.00 bits per heavy atom. The smallest absolute Gasteiger partial charge is 0.273 e. The Labute approximate surface area is 85.2 Å². The van der Waals surface area contributed by atoms with E-state index in [1.165, 1.54) is 0 Å². The second kappa shape index (κ2) is 8.45. The second-order valence-electron chi connectivity index (χ2n) is 2.29. The van der Waals surface area contributed by atoms with Gasteiger partial charge < -0.3 is 0 Å². The van der Waals surface area contributed by atoms with Crippen LogP contribution in [0.3, 0.4) is 0 Å². The molecule has 0 aromatic rings. The summed E-state index contributed by atoms with van der Waals surface area (Å²) in [6.45, 7) is 0. The third kappa shape index (κ3) is 6.09. The van der Waals surface area contributed by atoms with Crippen LogP contribution >= 0.6 is 0 Å². The van der Waals surface area contributed by atoms with Gasteiger partial charge in [-0.1, -0.05) is 6.42 Å². The molecule has 0 heterocycles. The molecule has 0 N–H and O–H groups in total. The van der Waals surface area contributed by atoms with Gasteiger partial charge in [0.05, 0.1) is 0 Å². The minimum absolute atomic E-state index is 0. The van der Waals surface area contributed by atoms with Gasteiger partial charge in [0.2, 0.25) is 0 Å². The van der Waals surface area contributed by atoms with Crippen molar-refractivity contribution in [3.8, 4) is 0 Å². The Balaban J connectivity index is 0.000000189. The zero-order valence-corrected chi connectivity index (χ0v) is 7.99. The van der Waals surface area contributed by atoms with Crippen LogP contribution in [0.5, 0.6) is 0 Å². The molecular formula is C11H12Fe. The molecule has 0 unspecified atom stereocenters. The molecule has 0 atom stereocenters. The Morgan fingerprint density at radius 1 is 1.08 bits per heavy atom. The van der Waals surface area contributed by atoms with Gasteiger partial charge in [-0.3, -0.25) is 6.08 Å². The normalized spacial score (nSPS) is 16.0. The molecule has 2 aliphatic carbocycles. The van der Waals surface area contributed by atoms with Crippen LogP contribution in [-0.2, 0) is 17.1 Å². The van der Waals surface area contributed by atoms with Gasteiger partial charge in [-0.25, -0.2) is 30.7 Å². The van der Waals surface area contributed by atoms with E-state index in [1.54, 1.807) is 0 Å². The van der Waals surface area contributed by atoms with Crippen molar-refractivity contribution in [2.24, 2.45) is 0 Å². The van der Waals surface area contributed by atoms with Gasteiger partial charge >= 0.3 is 17.1 Å². The van der Waals surface area contributed by atoms with E-state index >= 15 is 0 Å². The van der Waals surface area contributed by atoms with Crippen LogP contribution in [0, 0.1) is 12.5 Å². The molecule has 0 saturated heterocycles. The van der Waals surface area contributed by atoms with Gasteiger partial charge in [0.25, 0.3) is 0 Å². The van der Waals surface area contributed by atoms with Gasteiger partial charge in [0, 0.05) is 0 Å². The summed E-state index contributed by atoms with van der Waals surface area (Å²) >= 11 is 0. The van der Waals surface area contributed by atoms with Crippen LogP contribution < -0.4 is 0 Å². The summed E-state index contributed by atoms with van der Waals surface area (Å²) in [5, 5.41) is 0. The SMILES string of the molecule is C1=C[CH-]CC=C1.[C-]1=CC=CC1.[Fe+2]. The molecule has 64 valence electrons. The van der Waals surface area contributed by atoms with Crippen molar-refractivity contribution >= 4 is 0 Å². The molecule has 0 amide bonds. The molecule has 0 aromatic heterocycles. The minimum atomic E-state index is 0. The molecule has 0 radical (unpaired) electrons. The average Bonchev–Trinajstić information content (AvgIpc) is 2.64. The number of hydrogen-bond acceptors (Lipinski definition) is 0. The number of hydrogen-bond donors (Lipinski definition) is 0. The molecule has 2 rings (SSSR count). The fraction of sp³-hybridized carbons (Fsp3) is 0.182. The maximum absolute atomic E-state index is 2.99. The Hall–Kier alpha value is -0.651. The van der Waals surface area contributed by atoms with Crippen LogP contribution in [0.15, 0.2) is 42.5 Å². The Bertz CT molecular complexity index is 175. The molecular weight excluding hydrogens is 188 g/mol. The Kier molecular flexibility index (Phi) is 7.99. The van der Waals surface area contributed by atoms with Crippen LogP contribution in [-0.4, -0.2) is 0 Å². The first kappa shape index (κ1) is 11.3. The van der Waals surface area contributed by atoms with Crippen molar-refractivity contribution in [3.63, 3.8) is 0 Å². The fourth-order valence-corrected chi connectivity index (χ4v) is 0.797. The summed E-state index contributed by atoms with van der Waals surface area (Å²) in [5.74, 6) is 0. The van der Waals surface area contributed by atoms with E-state index in [2.05, 4.69) is 36.8 Å². The average molecular weight is 200 g/mol. The van der Waals surface area contributed by atoms with Crippen LogP contribution in [0.1, 0.15) is 12.8 Å². The number of allylic oxidation sites excluding steroid dienone is 8. The first-order chi connectivity index (χ1) is 5.50. The standard InChI is InChI=1S/C6H7.C5H5.Fe/c1-2-4-6-5-3-1;1-2-4-5-3-1;/h1-5H,6H2;1-3H,4H2;/q2*-1;+2. The van der Waals surface area contributed by atoms with Gasteiger partial charge in [0.15, 0.2) is 0 Å². The molecule has 0 saturated carbocycles. The van der Waals surface area contributed by atoms with E-state index in [9.17, 15) is 0 Å². The quantitative estimate of drug-likeness (QED) is 0.416. The van der Waals surface area contributed by atoms with Crippen LogP contribution in [0.2, 0.25) is 0 Å². The van der Waals surface area contributed by atoms with Crippen LogP contribution in [0.4, 0.5) is 0 Å². The van der Waals surface area contributed by atoms with E-state index < -0.39 is 0 Å². The molecule has 2 aliphatic rings. The first-order valence-electron chi connectivity index (χ1n) is 3.87. The molecule has 0 spiro atoms. The van der Waals surface area contributed by atoms with Gasteiger partial charge in [-0.2, -0.15) is 6.08 Å². The van der Waals surface area contributed by atoms with Crippen molar-refractivity contribution in [1.29, 1.82) is 0 Å².